The Morgan fingerprint density at radius 1 is 1.09 bits per heavy atom. The maximum absolute atomic E-state index is 12.6. The van der Waals surface area contributed by atoms with Crippen LogP contribution < -0.4 is 0 Å². The molecule has 0 saturated carbocycles. The maximum atomic E-state index is 12.6. The summed E-state index contributed by atoms with van der Waals surface area (Å²) in [6.45, 7) is 1.67. The quantitative estimate of drug-likeness (QED) is 0.820. The lowest BCUT2D eigenvalue weighted by molar-refractivity contribution is 0.0673. The fourth-order valence-corrected chi connectivity index (χ4v) is 3.37. The van der Waals surface area contributed by atoms with E-state index in [1.165, 1.54) is 5.56 Å². The molecule has 1 fully saturated rings. The lowest BCUT2D eigenvalue weighted by atomic mass is 9.91. The zero-order valence-corrected chi connectivity index (χ0v) is 13.3. The van der Waals surface area contributed by atoms with Crippen molar-refractivity contribution >= 4 is 17.5 Å². The zero-order valence-electron chi connectivity index (χ0n) is 12.5. The molecule has 1 aliphatic rings. The number of likely N-dealkylation sites (tertiary alicyclic amines) is 1. The fraction of sp³-hybridized carbons (Fsp3) is 0.316. The third-order valence-electron chi connectivity index (χ3n) is 4.29. The number of rotatable bonds is 3. The molecule has 114 valence electrons. The van der Waals surface area contributed by atoms with Crippen LogP contribution in [0.3, 0.4) is 0 Å². The number of amides is 1. The molecule has 1 saturated heterocycles. The summed E-state index contributed by atoms with van der Waals surface area (Å²) < 4.78 is 0. The number of benzene rings is 2. The summed E-state index contributed by atoms with van der Waals surface area (Å²) in [6, 6.07) is 17.5. The number of hydrogen-bond donors (Lipinski definition) is 0. The van der Waals surface area contributed by atoms with E-state index in [0.717, 1.165) is 42.9 Å². The van der Waals surface area contributed by atoms with Crippen molar-refractivity contribution in [3.63, 3.8) is 0 Å². The Morgan fingerprint density at radius 2 is 1.82 bits per heavy atom. The van der Waals surface area contributed by atoms with Gasteiger partial charge in [-0.1, -0.05) is 48.0 Å². The van der Waals surface area contributed by atoms with E-state index in [4.69, 9.17) is 11.6 Å². The first-order chi connectivity index (χ1) is 10.7. The van der Waals surface area contributed by atoms with E-state index in [1.54, 1.807) is 0 Å². The number of piperidine rings is 1. The van der Waals surface area contributed by atoms with E-state index in [9.17, 15) is 4.79 Å². The summed E-state index contributed by atoms with van der Waals surface area (Å²) in [6.07, 6.45) is 3.16. The minimum atomic E-state index is 0.143. The molecule has 1 unspecified atom stereocenters. The van der Waals surface area contributed by atoms with Gasteiger partial charge in [0.15, 0.2) is 0 Å². The minimum Gasteiger partial charge on any atom is -0.338 e. The fourth-order valence-electron chi connectivity index (χ4n) is 3.15. The average molecular weight is 314 g/mol. The molecule has 2 aromatic rings. The van der Waals surface area contributed by atoms with E-state index in [-0.39, 0.29) is 5.91 Å². The highest BCUT2D eigenvalue weighted by molar-refractivity contribution is 6.31. The Labute approximate surface area is 136 Å². The van der Waals surface area contributed by atoms with Gasteiger partial charge >= 0.3 is 0 Å². The van der Waals surface area contributed by atoms with Gasteiger partial charge in [-0.25, -0.2) is 0 Å². The van der Waals surface area contributed by atoms with E-state index in [0.29, 0.717) is 5.92 Å². The van der Waals surface area contributed by atoms with Gasteiger partial charge in [-0.3, -0.25) is 4.79 Å². The SMILES string of the molecule is O=C(c1ccccc1)N1CCCC(Cc2ccccc2Cl)C1. The van der Waals surface area contributed by atoms with Crippen LogP contribution in [0.4, 0.5) is 0 Å². The second-order valence-corrected chi connectivity index (χ2v) is 6.33. The Kier molecular flexibility index (Phi) is 4.79. The minimum absolute atomic E-state index is 0.143. The standard InChI is InChI=1S/C19H20ClNO/c20-18-11-5-4-10-17(18)13-15-7-6-12-21(14-15)19(22)16-8-2-1-3-9-16/h1-5,8-11,15H,6-7,12-14H2. The number of nitrogens with zero attached hydrogens (tertiary/aromatic N) is 1. The van der Waals surface area contributed by atoms with E-state index in [1.807, 2.05) is 53.4 Å². The van der Waals surface area contributed by atoms with Gasteiger partial charge in [-0.15, -0.1) is 0 Å². The molecule has 1 atom stereocenters. The molecule has 0 aliphatic carbocycles. The molecule has 2 nitrogen and oxygen atoms in total. The van der Waals surface area contributed by atoms with Crippen molar-refractivity contribution in [1.82, 2.24) is 4.90 Å². The molecule has 0 spiro atoms. The van der Waals surface area contributed by atoms with Crippen LogP contribution in [0.2, 0.25) is 5.02 Å². The summed E-state index contributed by atoms with van der Waals surface area (Å²) in [5.74, 6) is 0.630. The maximum Gasteiger partial charge on any atom is 0.253 e. The predicted molar refractivity (Wildman–Crippen MR) is 90.2 cm³/mol. The van der Waals surface area contributed by atoms with Crippen LogP contribution in [0.25, 0.3) is 0 Å². The van der Waals surface area contributed by atoms with E-state index >= 15 is 0 Å². The second kappa shape index (κ2) is 6.97. The predicted octanol–water partition coefficient (Wildman–Crippen LogP) is 4.43. The highest BCUT2D eigenvalue weighted by Gasteiger charge is 2.24. The van der Waals surface area contributed by atoms with Gasteiger partial charge in [0.25, 0.3) is 5.91 Å². The van der Waals surface area contributed by atoms with Crippen LogP contribution in [-0.4, -0.2) is 23.9 Å². The highest BCUT2D eigenvalue weighted by atomic mass is 35.5. The van der Waals surface area contributed by atoms with Crippen LogP contribution in [0, 0.1) is 5.92 Å². The third kappa shape index (κ3) is 3.50. The number of carbonyl (C=O) groups excluding carboxylic acids is 1. The van der Waals surface area contributed by atoms with Gasteiger partial charge in [-0.05, 0) is 48.9 Å². The van der Waals surface area contributed by atoms with E-state index in [2.05, 4.69) is 6.07 Å². The molecular weight excluding hydrogens is 294 g/mol. The molecule has 3 heteroatoms. The molecule has 1 aliphatic heterocycles. The summed E-state index contributed by atoms with van der Waals surface area (Å²) in [4.78, 5) is 14.6. The third-order valence-corrected chi connectivity index (χ3v) is 4.66. The second-order valence-electron chi connectivity index (χ2n) is 5.92. The molecule has 2 aromatic carbocycles. The molecule has 0 aromatic heterocycles. The molecular formula is C19H20ClNO. The van der Waals surface area contributed by atoms with Gasteiger partial charge in [0.2, 0.25) is 0 Å². The highest BCUT2D eigenvalue weighted by Crippen LogP contribution is 2.25. The Morgan fingerprint density at radius 3 is 2.59 bits per heavy atom. The van der Waals surface area contributed by atoms with Crippen LogP contribution >= 0.6 is 11.6 Å². The molecule has 22 heavy (non-hydrogen) atoms. The van der Waals surface area contributed by atoms with Crippen LogP contribution in [0.5, 0.6) is 0 Å². The zero-order chi connectivity index (χ0) is 15.4. The van der Waals surface area contributed by atoms with Crippen molar-refractivity contribution < 1.29 is 4.79 Å². The van der Waals surface area contributed by atoms with Gasteiger partial charge in [0.05, 0.1) is 0 Å². The van der Waals surface area contributed by atoms with Crippen molar-refractivity contribution in [1.29, 1.82) is 0 Å². The average Bonchev–Trinajstić information content (AvgIpc) is 2.57. The van der Waals surface area contributed by atoms with Crippen LogP contribution in [0.1, 0.15) is 28.8 Å². The summed E-state index contributed by atoms with van der Waals surface area (Å²) in [5.41, 5.74) is 1.96. The molecule has 0 radical (unpaired) electrons. The molecule has 1 heterocycles. The number of hydrogen-bond acceptors (Lipinski definition) is 1. The number of carbonyl (C=O) groups is 1. The Balaban J connectivity index is 1.67. The first-order valence-electron chi connectivity index (χ1n) is 7.82. The van der Waals surface area contributed by atoms with Gasteiger partial charge in [0, 0.05) is 23.7 Å². The largest absolute Gasteiger partial charge is 0.338 e. The molecule has 0 bridgehead atoms. The summed E-state index contributed by atoms with van der Waals surface area (Å²) >= 11 is 6.26. The normalized spacial score (nSPS) is 18.2. The van der Waals surface area contributed by atoms with Crippen LogP contribution in [0.15, 0.2) is 54.6 Å². The molecule has 0 N–H and O–H groups in total. The Bertz CT molecular complexity index is 641. The van der Waals surface area contributed by atoms with Crippen molar-refractivity contribution in [2.75, 3.05) is 13.1 Å². The van der Waals surface area contributed by atoms with Crippen LogP contribution in [-0.2, 0) is 6.42 Å². The molecule has 3 rings (SSSR count). The van der Waals surface area contributed by atoms with Crippen molar-refractivity contribution in [2.45, 2.75) is 19.3 Å². The summed E-state index contributed by atoms with van der Waals surface area (Å²) in [5, 5.41) is 0.828. The van der Waals surface area contributed by atoms with Crippen molar-refractivity contribution in [3.8, 4) is 0 Å². The lowest BCUT2D eigenvalue weighted by Gasteiger charge is -2.33. The monoisotopic (exact) mass is 313 g/mol. The molecule has 1 amide bonds. The van der Waals surface area contributed by atoms with Gasteiger partial charge in [-0.2, -0.15) is 0 Å². The lowest BCUT2D eigenvalue weighted by Crippen LogP contribution is -2.40. The van der Waals surface area contributed by atoms with Crippen molar-refractivity contribution in [2.24, 2.45) is 5.92 Å². The number of halogens is 1. The first kappa shape index (κ1) is 15.1. The van der Waals surface area contributed by atoms with Gasteiger partial charge in [0.1, 0.15) is 0 Å². The van der Waals surface area contributed by atoms with E-state index < -0.39 is 0 Å². The van der Waals surface area contributed by atoms with Gasteiger partial charge < -0.3 is 4.90 Å². The topological polar surface area (TPSA) is 20.3 Å². The first-order valence-corrected chi connectivity index (χ1v) is 8.19. The van der Waals surface area contributed by atoms with Crippen molar-refractivity contribution in [3.05, 3.63) is 70.7 Å². The summed E-state index contributed by atoms with van der Waals surface area (Å²) in [7, 11) is 0. The Hall–Kier alpha value is -1.80. The smallest absolute Gasteiger partial charge is 0.253 e.